The summed E-state index contributed by atoms with van der Waals surface area (Å²) in [7, 11) is -1.87. The Morgan fingerprint density at radius 1 is 1.21 bits per heavy atom. The second kappa shape index (κ2) is 9.69. The normalized spacial score (nSPS) is 20.2. The first kappa shape index (κ1) is 23.5. The van der Waals surface area contributed by atoms with Crippen molar-refractivity contribution in [2.75, 3.05) is 18.4 Å². The largest absolute Gasteiger partial charge is 0.318 e. The number of amidine groups is 1. The SMILES string of the molecule is CC(C)(C)c1ccc(S(=O)C(=O)Nc2ccc(Cl)cc2C2=NN=C[NH+]2/C=C2\CCNC2)cc1. The standard InChI is InChI=1S/C24H26ClN5O2S/c1-24(2,3)17-4-7-19(8-5-17)33(32)23(31)28-21-9-6-18(25)12-20(21)22-29-27-15-30(22)14-16-10-11-26-13-16/h4-9,12,14-15,26H,10-11,13H2,1-3H3,(H,28,31)/p+1/b16-14+. The number of quaternary nitrogens is 1. The lowest BCUT2D eigenvalue weighted by atomic mass is 9.87. The zero-order valence-corrected chi connectivity index (χ0v) is 20.4. The van der Waals surface area contributed by atoms with E-state index in [1.54, 1.807) is 36.7 Å². The van der Waals surface area contributed by atoms with Gasteiger partial charge in [0.15, 0.2) is 0 Å². The highest BCUT2D eigenvalue weighted by atomic mass is 35.5. The maximum atomic E-state index is 12.9. The van der Waals surface area contributed by atoms with Gasteiger partial charge in [0.05, 0.1) is 11.3 Å². The number of rotatable bonds is 4. The van der Waals surface area contributed by atoms with Gasteiger partial charge in [0.1, 0.15) is 17.0 Å². The Kier molecular flexibility index (Phi) is 6.90. The van der Waals surface area contributed by atoms with E-state index >= 15 is 0 Å². The first-order valence-corrected chi connectivity index (χ1v) is 12.3. The molecule has 2 aliphatic heterocycles. The molecule has 2 atom stereocenters. The highest BCUT2D eigenvalue weighted by Crippen LogP contribution is 2.25. The van der Waals surface area contributed by atoms with Gasteiger partial charge in [-0.3, -0.25) is 4.79 Å². The van der Waals surface area contributed by atoms with Crippen LogP contribution in [-0.2, 0) is 16.2 Å². The number of anilines is 1. The minimum Gasteiger partial charge on any atom is -0.314 e. The Morgan fingerprint density at radius 2 is 1.97 bits per heavy atom. The van der Waals surface area contributed by atoms with E-state index in [1.807, 2.05) is 12.1 Å². The zero-order valence-electron chi connectivity index (χ0n) is 18.8. The molecule has 0 spiro atoms. The van der Waals surface area contributed by atoms with Crippen LogP contribution in [0.15, 0.2) is 69.3 Å². The Balaban J connectivity index is 1.56. The molecule has 0 saturated carbocycles. The molecular formula is C24H27ClN5O2S+. The molecule has 0 aliphatic carbocycles. The van der Waals surface area contributed by atoms with Crippen molar-refractivity contribution in [3.05, 3.63) is 70.4 Å². The van der Waals surface area contributed by atoms with Gasteiger partial charge in [-0.15, -0.1) is 0 Å². The number of benzene rings is 2. The van der Waals surface area contributed by atoms with Crippen LogP contribution in [0.1, 0.15) is 38.3 Å². The van der Waals surface area contributed by atoms with E-state index in [0.29, 0.717) is 27.0 Å². The number of carbonyl (C=O) groups excluding carboxylic acids is 1. The van der Waals surface area contributed by atoms with Crippen LogP contribution < -0.4 is 15.5 Å². The van der Waals surface area contributed by atoms with E-state index in [2.05, 4.69) is 47.8 Å². The van der Waals surface area contributed by atoms with Crippen LogP contribution in [0, 0.1) is 0 Å². The number of nitrogens with one attached hydrogen (secondary N) is 3. The van der Waals surface area contributed by atoms with Crippen molar-refractivity contribution in [3.8, 4) is 0 Å². The van der Waals surface area contributed by atoms with E-state index in [1.165, 1.54) is 5.57 Å². The molecule has 2 heterocycles. The van der Waals surface area contributed by atoms with Gasteiger partial charge in [-0.25, -0.2) is 9.11 Å². The summed E-state index contributed by atoms with van der Waals surface area (Å²) < 4.78 is 12.9. The van der Waals surface area contributed by atoms with Crippen LogP contribution in [-0.4, -0.2) is 34.7 Å². The number of hydrogen-bond acceptors (Lipinski definition) is 5. The second-order valence-corrected chi connectivity index (χ2v) is 10.8. The number of nitrogens with zero attached hydrogens (tertiary/aromatic N) is 2. The Bertz CT molecular complexity index is 1170. The summed E-state index contributed by atoms with van der Waals surface area (Å²) in [6, 6.07) is 12.4. The molecule has 0 aromatic heterocycles. The molecule has 2 unspecified atom stereocenters. The number of hydrogen-bond donors (Lipinski definition) is 3. The van der Waals surface area contributed by atoms with Crippen molar-refractivity contribution in [3.63, 3.8) is 0 Å². The molecule has 2 aromatic rings. The van der Waals surface area contributed by atoms with Crippen LogP contribution in [0.3, 0.4) is 0 Å². The Morgan fingerprint density at radius 3 is 2.64 bits per heavy atom. The lowest BCUT2D eigenvalue weighted by molar-refractivity contribution is -0.622. The van der Waals surface area contributed by atoms with Crippen molar-refractivity contribution in [2.24, 2.45) is 10.2 Å². The first-order valence-electron chi connectivity index (χ1n) is 10.7. The highest BCUT2D eigenvalue weighted by molar-refractivity contribution is 8.00. The maximum absolute atomic E-state index is 12.9. The fraction of sp³-hybridized carbons (Fsp3) is 0.292. The van der Waals surface area contributed by atoms with Gasteiger partial charge in [0, 0.05) is 16.5 Å². The fourth-order valence-electron chi connectivity index (χ4n) is 3.68. The fourth-order valence-corrected chi connectivity index (χ4v) is 4.65. The van der Waals surface area contributed by atoms with Crippen LogP contribution in [0.25, 0.3) is 0 Å². The summed E-state index contributed by atoms with van der Waals surface area (Å²) in [5, 5.41) is 14.3. The van der Waals surface area contributed by atoms with E-state index in [-0.39, 0.29) is 5.41 Å². The van der Waals surface area contributed by atoms with Gasteiger partial charge in [-0.05, 0) is 59.8 Å². The third kappa shape index (κ3) is 5.47. The molecule has 1 saturated heterocycles. The van der Waals surface area contributed by atoms with Gasteiger partial charge in [-0.2, -0.15) is 0 Å². The molecule has 0 radical (unpaired) electrons. The third-order valence-corrected chi connectivity index (χ3v) is 6.91. The smallest absolute Gasteiger partial charge is 0.314 e. The van der Waals surface area contributed by atoms with E-state index < -0.39 is 16.0 Å². The number of halogens is 1. The summed E-state index contributed by atoms with van der Waals surface area (Å²) in [6.07, 6.45) is 4.73. The lowest BCUT2D eigenvalue weighted by Gasteiger charge is -2.19. The van der Waals surface area contributed by atoms with E-state index in [9.17, 15) is 9.00 Å². The maximum Gasteiger partial charge on any atom is 0.318 e. The van der Waals surface area contributed by atoms with Gasteiger partial charge in [0.2, 0.25) is 6.34 Å². The van der Waals surface area contributed by atoms with Gasteiger partial charge >= 0.3 is 5.24 Å². The predicted molar refractivity (Wildman–Crippen MR) is 134 cm³/mol. The topological polar surface area (TPSA) is 87.4 Å². The van der Waals surface area contributed by atoms with E-state index in [4.69, 9.17) is 11.6 Å². The Hall–Kier alpha value is -2.65. The molecule has 0 bridgehead atoms. The summed E-state index contributed by atoms with van der Waals surface area (Å²) >= 11 is 6.26. The van der Waals surface area contributed by atoms with Crippen LogP contribution in [0.4, 0.5) is 10.5 Å². The van der Waals surface area contributed by atoms with Crippen LogP contribution in [0.5, 0.6) is 0 Å². The first-order chi connectivity index (χ1) is 15.7. The summed E-state index contributed by atoms with van der Waals surface area (Å²) in [5.41, 5.74) is 3.46. The highest BCUT2D eigenvalue weighted by Gasteiger charge is 2.27. The zero-order chi connectivity index (χ0) is 23.6. The van der Waals surface area contributed by atoms with Crippen LogP contribution in [0.2, 0.25) is 5.02 Å². The average Bonchev–Trinajstić information content (AvgIpc) is 3.46. The van der Waals surface area contributed by atoms with Gasteiger partial charge in [0.25, 0.3) is 5.84 Å². The van der Waals surface area contributed by atoms with Crippen molar-refractivity contribution < 1.29 is 13.9 Å². The molecule has 1 amide bonds. The molecule has 4 rings (SSSR count). The molecule has 1 fully saturated rings. The minimum atomic E-state index is -1.87. The average molecular weight is 485 g/mol. The quantitative estimate of drug-likeness (QED) is 0.621. The second-order valence-electron chi connectivity index (χ2n) is 9.02. The van der Waals surface area contributed by atoms with Crippen molar-refractivity contribution in [1.82, 2.24) is 5.32 Å². The van der Waals surface area contributed by atoms with Gasteiger partial charge < -0.3 is 10.6 Å². The molecule has 33 heavy (non-hydrogen) atoms. The molecule has 7 nitrogen and oxygen atoms in total. The molecule has 2 aromatic carbocycles. The van der Waals surface area contributed by atoms with Crippen molar-refractivity contribution in [2.45, 2.75) is 37.5 Å². The van der Waals surface area contributed by atoms with E-state index in [0.717, 1.165) is 30.0 Å². The molecule has 172 valence electrons. The van der Waals surface area contributed by atoms with Crippen molar-refractivity contribution >= 4 is 45.5 Å². The van der Waals surface area contributed by atoms with Crippen LogP contribution >= 0.6 is 11.6 Å². The van der Waals surface area contributed by atoms with Crippen molar-refractivity contribution in [1.29, 1.82) is 0 Å². The molecular weight excluding hydrogens is 458 g/mol. The molecule has 3 N–H and O–H groups in total. The summed E-state index contributed by atoms with van der Waals surface area (Å²) in [4.78, 5) is 14.2. The molecule has 2 aliphatic rings. The van der Waals surface area contributed by atoms with Gasteiger partial charge in [-0.1, -0.05) is 54.7 Å². The Labute approximate surface area is 201 Å². The third-order valence-electron chi connectivity index (χ3n) is 5.54. The number of carbonyl (C=O) groups is 1. The number of amides is 1. The monoisotopic (exact) mass is 484 g/mol. The summed E-state index contributed by atoms with van der Waals surface area (Å²) in [5.74, 6) is 0.618. The molecule has 9 heteroatoms. The predicted octanol–water partition coefficient (Wildman–Crippen LogP) is 3.44. The lowest BCUT2D eigenvalue weighted by Crippen LogP contribution is -3.08. The minimum absolute atomic E-state index is 0.0252. The summed E-state index contributed by atoms with van der Waals surface area (Å²) in [6.45, 7) is 8.09.